The van der Waals surface area contributed by atoms with Gasteiger partial charge in [0.25, 0.3) is 0 Å². The van der Waals surface area contributed by atoms with Crippen molar-refractivity contribution in [2.45, 2.75) is 57.7 Å². The Morgan fingerprint density at radius 3 is 2.20 bits per heavy atom. The minimum Gasteiger partial charge on any atom is -0.481 e. The molecule has 0 aliphatic heterocycles. The summed E-state index contributed by atoms with van der Waals surface area (Å²) in [6.45, 7) is 3.26. The van der Waals surface area contributed by atoms with Crippen LogP contribution >= 0.6 is 0 Å². The van der Waals surface area contributed by atoms with Gasteiger partial charge in [-0.15, -0.1) is 0 Å². The first-order valence-electron chi connectivity index (χ1n) is 13.1. The van der Waals surface area contributed by atoms with Crippen molar-refractivity contribution in [3.63, 3.8) is 0 Å². The molecule has 0 spiro atoms. The summed E-state index contributed by atoms with van der Waals surface area (Å²) < 4.78 is 0. The minimum absolute atomic E-state index is 0.0814. The zero-order valence-electron chi connectivity index (χ0n) is 23.3. The molecule has 14 heteroatoms. The number of carbonyl (C=O) groups is 5. The number of nitrogens with one attached hydrogen (secondary N) is 3. The van der Waals surface area contributed by atoms with Gasteiger partial charge in [-0.05, 0) is 30.7 Å². The summed E-state index contributed by atoms with van der Waals surface area (Å²) >= 11 is 0. The third kappa shape index (κ3) is 14.5. The number of nitrogens with two attached hydrogens (primary N) is 3. The minimum atomic E-state index is -1.46. The van der Waals surface area contributed by atoms with E-state index in [1.807, 2.05) is 30.3 Å². The van der Waals surface area contributed by atoms with Crippen LogP contribution in [0.2, 0.25) is 0 Å². The Labute approximate surface area is 238 Å². The van der Waals surface area contributed by atoms with Crippen LogP contribution in [0.15, 0.2) is 47.5 Å². The van der Waals surface area contributed by atoms with Crippen molar-refractivity contribution in [2.75, 3.05) is 13.1 Å². The number of benzene rings is 1. The number of hydrogen-bond donors (Lipinski definition) is 8. The van der Waals surface area contributed by atoms with E-state index in [2.05, 4.69) is 20.9 Å². The summed E-state index contributed by atoms with van der Waals surface area (Å²) in [5.74, 6) is -5.65. The predicted octanol–water partition coefficient (Wildman–Crippen LogP) is -0.916. The third-order valence-electron chi connectivity index (χ3n) is 5.94. The molecule has 1 aromatic carbocycles. The van der Waals surface area contributed by atoms with Crippen LogP contribution in [0.5, 0.6) is 0 Å². The molecular formula is C27H41N7O7. The van der Waals surface area contributed by atoms with Gasteiger partial charge in [-0.1, -0.05) is 56.3 Å². The van der Waals surface area contributed by atoms with Crippen LogP contribution in [-0.2, 0) is 30.4 Å². The molecule has 0 unspecified atom stereocenters. The monoisotopic (exact) mass is 575 g/mol. The van der Waals surface area contributed by atoms with E-state index < -0.39 is 66.7 Å². The average molecular weight is 576 g/mol. The van der Waals surface area contributed by atoms with Crippen LogP contribution in [-0.4, -0.2) is 77.0 Å². The summed E-state index contributed by atoms with van der Waals surface area (Å²) in [6, 6.07) is 6.01. The highest BCUT2D eigenvalue weighted by Gasteiger charge is 2.26. The Morgan fingerprint density at radius 1 is 0.976 bits per heavy atom. The van der Waals surface area contributed by atoms with Crippen molar-refractivity contribution in [3.05, 3.63) is 48.0 Å². The molecule has 0 fully saturated rings. The summed E-state index contributed by atoms with van der Waals surface area (Å²) in [7, 11) is 0. The highest BCUT2D eigenvalue weighted by atomic mass is 16.4. The summed E-state index contributed by atoms with van der Waals surface area (Å²) in [4.78, 5) is 64.6. The molecule has 0 radical (unpaired) electrons. The SMILES string of the molecule is CC(C)[C@@H](/C=C/[C@@H](Cc1ccccc1)NC(=O)[C@H](CC(=O)O)NC(=O)CNC(=O)[C@@H](N)CCCN=C(N)N)C(=O)O. The smallest absolute Gasteiger partial charge is 0.310 e. The second-order valence-corrected chi connectivity index (χ2v) is 9.79. The van der Waals surface area contributed by atoms with Crippen LogP contribution in [0.25, 0.3) is 0 Å². The Balaban J connectivity index is 2.89. The fraction of sp³-hybridized carbons (Fsp3) is 0.481. The van der Waals surface area contributed by atoms with E-state index in [1.54, 1.807) is 19.9 Å². The molecule has 1 rings (SSSR count). The molecular weight excluding hydrogens is 534 g/mol. The Hall–Kier alpha value is -4.46. The molecule has 0 saturated heterocycles. The van der Waals surface area contributed by atoms with Crippen LogP contribution in [0.1, 0.15) is 38.7 Å². The molecule has 1 aromatic rings. The van der Waals surface area contributed by atoms with Crippen molar-refractivity contribution in [2.24, 2.45) is 34.0 Å². The van der Waals surface area contributed by atoms with Gasteiger partial charge < -0.3 is 43.4 Å². The number of nitrogens with zero attached hydrogens (tertiary/aromatic N) is 1. The number of amides is 3. The van der Waals surface area contributed by atoms with Gasteiger partial charge in [0.2, 0.25) is 17.7 Å². The van der Waals surface area contributed by atoms with Gasteiger partial charge >= 0.3 is 11.9 Å². The van der Waals surface area contributed by atoms with E-state index in [1.165, 1.54) is 6.08 Å². The number of guanidine groups is 1. The quantitative estimate of drug-likeness (QED) is 0.0462. The Kier molecular flexibility index (Phi) is 15.2. The second kappa shape index (κ2) is 18.0. The van der Waals surface area contributed by atoms with E-state index in [0.717, 1.165) is 5.56 Å². The molecule has 0 saturated carbocycles. The van der Waals surface area contributed by atoms with Crippen LogP contribution in [0, 0.1) is 11.8 Å². The molecule has 4 atom stereocenters. The van der Waals surface area contributed by atoms with Crippen molar-refractivity contribution in [1.82, 2.24) is 16.0 Å². The lowest BCUT2D eigenvalue weighted by molar-refractivity contribution is -0.141. The molecule has 3 amide bonds. The van der Waals surface area contributed by atoms with Gasteiger partial charge in [-0.25, -0.2) is 0 Å². The predicted molar refractivity (Wildman–Crippen MR) is 152 cm³/mol. The largest absolute Gasteiger partial charge is 0.481 e. The maximum atomic E-state index is 13.1. The van der Waals surface area contributed by atoms with E-state index in [9.17, 15) is 34.2 Å². The average Bonchev–Trinajstić information content (AvgIpc) is 2.89. The molecule has 11 N–H and O–H groups in total. The fourth-order valence-corrected chi connectivity index (χ4v) is 3.74. The van der Waals surface area contributed by atoms with E-state index in [4.69, 9.17) is 17.2 Å². The molecule has 41 heavy (non-hydrogen) atoms. The lowest BCUT2D eigenvalue weighted by Gasteiger charge is -2.22. The molecule has 226 valence electrons. The molecule has 14 nitrogen and oxygen atoms in total. The van der Waals surface area contributed by atoms with Crippen molar-refractivity contribution in [1.29, 1.82) is 0 Å². The highest BCUT2D eigenvalue weighted by molar-refractivity contribution is 5.93. The van der Waals surface area contributed by atoms with Crippen molar-refractivity contribution < 1.29 is 34.2 Å². The number of carboxylic acids is 2. The van der Waals surface area contributed by atoms with Gasteiger partial charge in [-0.3, -0.25) is 29.0 Å². The van der Waals surface area contributed by atoms with Crippen molar-refractivity contribution in [3.8, 4) is 0 Å². The van der Waals surface area contributed by atoms with Crippen LogP contribution in [0.4, 0.5) is 0 Å². The van der Waals surface area contributed by atoms with E-state index in [-0.39, 0.29) is 24.8 Å². The number of carboxylic acid groups (broad SMARTS) is 2. The number of aliphatic carboxylic acids is 2. The lowest BCUT2D eigenvalue weighted by Crippen LogP contribution is -2.53. The van der Waals surface area contributed by atoms with Gasteiger partial charge in [0.1, 0.15) is 6.04 Å². The maximum Gasteiger partial charge on any atom is 0.310 e. The second-order valence-electron chi connectivity index (χ2n) is 9.79. The number of rotatable bonds is 18. The molecule has 0 aromatic heterocycles. The first-order valence-corrected chi connectivity index (χ1v) is 13.1. The van der Waals surface area contributed by atoms with E-state index in [0.29, 0.717) is 12.8 Å². The standard InChI is InChI=1S/C27H41N7O7/c1-16(2)19(26(40)41)11-10-18(13-17-7-4-3-5-8-17)33-25(39)21(14-23(36)37)34-22(35)15-32-24(38)20(28)9-6-12-31-27(29)30/h3-5,7-8,10-11,16,18-21H,6,9,12-15,28H2,1-2H3,(H,32,38)(H,33,39)(H,34,35)(H,36,37)(H,40,41)(H4,29,30,31)/b11-10+/t18-,19+,20-,21-/m0/s1. The third-order valence-corrected chi connectivity index (χ3v) is 5.94. The Bertz CT molecular complexity index is 1090. The Morgan fingerprint density at radius 2 is 1.63 bits per heavy atom. The van der Waals surface area contributed by atoms with Gasteiger partial charge in [-0.2, -0.15) is 0 Å². The summed E-state index contributed by atoms with van der Waals surface area (Å²) in [5.41, 5.74) is 17.1. The van der Waals surface area contributed by atoms with Gasteiger partial charge in [0.05, 0.1) is 31.0 Å². The molecule has 0 aliphatic carbocycles. The topological polar surface area (TPSA) is 252 Å². The molecule has 0 heterocycles. The van der Waals surface area contributed by atoms with Crippen LogP contribution < -0.4 is 33.2 Å². The normalized spacial score (nSPS) is 14.0. The summed E-state index contributed by atoms with van der Waals surface area (Å²) in [5, 5.41) is 26.2. The highest BCUT2D eigenvalue weighted by Crippen LogP contribution is 2.14. The van der Waals surface area contributed by atoms with Gasteiger partial charge in [0, 0.05) is 6.54 Å². The number of hydrogen-bond acceptors (Lipinski definition) is 7. The van der Waals surface area contributed by atoms with E-state index >= 15 is 0 Å². The fourth-order valence-electron chi connectivity index (χ4n) is 3.74. The van der Waals surface area contributed by atoms with Gasteiger partial charge in [0.15, 0.2) is 5.96 Å². The number of aliphatic imine (C=N–C) groups is 1. The first kappa shape index (κ1) is 34.6. The zero-order valence-corrected chi connectivity index (χ0v) is 23.3. The summed E-state index contributed by atoms with van der Waals surface area (Å²) in [6.07, 6.45) is 3.30. The van der Waals surface area contributed by atoms with Crippen LogP contribution in [0.3, 0.4) is 0 Å². The zero-order chi connectivity index (χ0) is 30.9. The lowest BCUT2D eigenvalue weighted by atomic mass is 9.94. The van der Waals surface area contributed by atoms with Crippen molar-refractivity contribution >= 4 is 35.6 Å². The first-order chi connectivity index (χ1) is 19.3. The molecule has 0 aliphatic rings. The number of carbonyl (C=O) groups excluding carboxylic acids is 3. The molecule has 0 bridgehead atoms. The maximum absolute atomic E-state index is 13.1.